The Bertz CT molecular complexity index is 584. The van der Waals surface area contributed by atoms with Crippen molar-refractivity contribution in [3.05, 3.63) is 24.2 Å². The van der Waals surface area contributed by atoms with Crippen molar-refractivity contribution in [1.29, 1.82) is 0 Å². The van der Waals surface area contributed by atoms with Gasteiger partial charge >= 0.3 is 0 Å². The maximum atomic E-state index is 5.75. The molecule has 1 aromatic heterocycles. The lowest BCUT2D eigenvalue weighted by Gasteiger charge is -2.33. The summed E-state index contributed by atoms with van der Waals surface area (Å²) in [7, 11) is 4.07. The highest BCUT2D eigenvalue weighted by atomic mass is 16.3. The Labute approximate surface area is 176 Å². The molecule has 0 radical (unpaired) electrons. The number of likely N-dealkylation sites (tertiary alicyclic amines) is 1. The van der Waals surface area contributed by atoms with Gasteiger partial charge < -0.3 is 24.9 Å². The van der Waals surface area contributed by atoms with Gasteiger partial charge in [-0.3, -0.25) is 9.89 Å². The quantitative estimate of drug-likeness (QED) is 0.393. The number of furan rings is 1. The molecule has 1 atom stereocenters. The highest BCUT2D eigenvalue weighted by Gasteiger charge is 2.24. The van der Waals surface area contributed by atoms with Gasteiger partial charge in [0.25, 0.3) is 0 Å². The predicted octanol–water partition coefficient (Wildman–Crippen LogP) is 2.00. The molecule has 2 saturated heterocycles. The topological polar surface area (TPSA) is 59.3 Å². The lowest BCUT2D eigenvalue weighted by atomic mass is 10.1. The third-order valence-corrected chi connectivity index (χ3v) is 6.15. The van der Waals surface area contributed by atoms with Crippen LogP contribution in [-0.4, -0.2) is 93.7 Å². The van der Waals surface area contributed by atoms with Crippen molar-refractivity contribution in [2.75, 3.05) is 73.0 Å². The van der Waals surface area contributed by atoms with Gasteiger partial charge in [-0.1, -0.05) is 6.42 Å². The molecule has 1 aromatic rings. The van der Waals surface area contributed by atoms with Gasteiger partial charge in [-0.2, -0.15) is 0 Å². The van der Waals surface area contributed by atoms with E-state index in [9.17, 15) is 0 Å². The van der Waals surface area contributed by atoms with E-state index in [0.29, 0.717) is 0 Å². The van der Waals surface area contributed by atoms with Crippen molar-refractivity contribution in [3.8, 4) is 0 Å². The smallest absolute Gasteiger partial charge is 0.191 e. The highest BCUT2D eigenvalue weighted by molar-refractivity contribution is 5.79. The zero-order valence-electron chi connectivity index (χ0n) is 18.4. The fourth-order valence-corrected chi connectivity index (χ4v) is 4.37. The standard InChI is InChI=1S/C22H40N6O/c1-23-22(24-10-7-12-27-13-8-11-26(2)16-17-27)25-19-20(21-9-6-18-29-21)28-14-4-3-5-15-28/h6,9,18,20H,3-5,7-8,10-17,19H2,1-2H3,(H2,23,24,25). The Kier molecular flexibility index (Phi) is 9.31. The molecule has 0 aromatic carbocycles. The first-order valence-corrected chi connectivity index (χ1v) is 11.4. The van der Waals surface area contributed by atoms with Crippen LogP contribution in [0.1, 0.15) is 43.9 Å². The van der Waals surface area contributed by atoms with Gasteiger partial charge in [0.1, 0.15) is 5.76 Å². The van der Waals surface area contributed by atoms with E-state index < -0.39 is 0 Å². The van der Waals surface area contributed by atoms with E-state index in [0.717, 1.165) is 50.9 Å². The zero-order chi connectivity index (χ0) is 20.3. The molecule has 3 heterocycles. The molecular weight excluding hydrogens is 364 g/mol. The first kappa shape index (κ1) is 22.1. The van der Waals surface area contributed by atoms with E-state index >= 15 is 0 Å². The van der Waals surface area contributed by atoms with Gasteiger partial charge in [0, 0.05) is 33.2 Å². The second-order valence-corrected chi connectivity index (χ2v) is 8.36. The first-order chi connectivity index (χ1) is 14.3. The van der Waals surface area contributed by atoms with Gasteiger partial charge in [-0.15, -0.1) is 0 Å². The van der Waals surface area contributed by atoms with Crippen LogP contribution in [0.4, 0.5) is 0 Å². The number of guanidine groups is 1. The Morgan fingerprint density at radius 3 is 2.69 bits per heavy atom. The second kappa shape index (κ2) is 12.2. The number of piperidine rings is 1. The van der Waals surface area contributed by atoms with E-state index in [4.69, 9.17) is 4.42 Å². The predicted molar refractivity (Wildman–Crippen MR) is 119 cm³/mol. The fraction of sp³-hybridized carbons (Fsp3) is 0.773. The number of aliphatic imine (C=N–C) groups is 1. The van der Waals surface area contributed by atoms with Crippen LogP contribution in [0.5, 0.6) is 0 Å². The van der Waals surface area contributed by atoms with Crippen molar-refractivity contribution in [1.82, 2.24) is 25.3 Å². The van der Waals surface area contributed by atoms with Crippen LogP contribution in [-0.2, 0) is 0 Å². The molecule has 0 saturated carbocycles. The zero-order valence-corrected chi connectivity index (χ0v) is 18.4. The summed E-state index contributed by atoms with van der Waals surface area (Å²) in [5, 5.41) is 7.02. The maximum Gasteiger partial charge on any atom is 0.191 e. The average molecular weight is 405 g/mol. The van der Waals surface area contributed by atoms with Crippen LogP contribution >= 0.6 is 0 Å². The minimum absolute atomic E-state index is 0.262. The SMILES string of the molecule is CN=C(NCCCN1CCCN(C)CC1)NCC(c1ccco1)N1CCCCC1. The van der Waals surface area contributed by atoms with E-state index in [-0.39, 0.29) is 6.04 Å². The summed E-state index contributed by atoms with van der Waals surface area (Å²) in [6, 6.07) is 4.34. The van der Waals surface area contributed by atoms with Gasteiger partial charge in [0.05, 0.1) is 12.3 Å². The van der Waals surface area contributed by atoms with Crippen LogP contribution in [0.25, 0.3) is 0 Å². The number of hydrogen-bond acceptors (Lipinski definition) is 5. The lowest BCUT2D eigenvalue weighted by Crippen LogP contribution is -2.44. The third kappa shape index (κ3) is 7.32. The average Bonchev–Trinajstić information content (AvgIpc) is 3.20. The Balaban J connectivity index is 1.40. The minimum Gasteiger partial charge on any atom is -0.468 e. The van der Waals surface area contributed by atoms with Gasteiger partial charge in [-0.25, -0.2) is 0 Å². The minimum atomic E-state index is 0.262. The van der Waals surface area contributed by atoms with Crippen molar-refractivity contribution < 1.29 is 4.42 Å². The Hall–Kier alpha value is -1.57. The van der Waals surface area contributed by atoms with E-state index in [1.54, 1.807) is 6.26 Å². The molecule has 2 fully saturated rings. The van der Waals surface area contributed by atoms with Crippen molar-refractivity contribution in [2.24, 2.45) is 4.99 Å². The molecule has 0 spiro atoms. The number of nitrogens with one attached hydrogen (secondary N) is 2. The fourth-order valence-electron chi connectivity index (χ4n) is 4.37. The molecule has 2 N–H and O–H groups in total. The van der Waals surface area contributed by atoms with Gasteiger partial charge in [0.15, 0.2) is 5.96 Å². The van der Waals surface area contributed by atoms with E-state index in [2.05, 4.69) is 43.4 Å². The van der Waals surface area contributed by atoms with E-state index in [1.807, 2.05) is 13.1 Å². The molecule has 7 nitrogen and oxygen atoms in total. The molecule has 3 rings (SSSR count). The summed E-state index contributed by atoms with van der Waals surface area (Å²) < 4.78 is 5.75. The third-order valence-electron chi connectivity index (χ3n) is 6.15. The summed E-state index contributed by atoms with van der Waals surface area (Å²) in [5.41, 5.74) is 0. The molecule has 164 valence electrons. The Morgan fingerprint density at radius 2 is 1.93 bits per heavy atom. The molecule has 29 heavy (non-hydrogen) atoms. The summed E-state index contributed by atoms with van der Waals surface area (Å²) in [6.07, 6.45) is 8.08. The highest BCUT2D eigenvalue weighted by Crippen LogP contribution is 2.24. The maximum absolute atomic E-state index is 5.75. The molecule has 0 aliphatic carbocycles. The molecule has 2 aliphatic rings. The lowest BCUT2D eigenvalue weighted by molar-refractivity contribution is 0.146. The number of nitrogens with zero attached hydrogens (tertiary/aromatic N) is 4. The summed E-state index contributed by atoms with van der Waals surface area (Å²) in [4.78, 5) is 12.0. The molecule has 0 bridgehead atoms. The molecule has 7 heteroatoms. The van der Waals surface area contributed by atoms with Crippen molar-refractivity contribution in [2.45, 2.75) is 38.1 Å². The monoisotopic (exact) mass is 404 g/mol. The van der Waals surface area contributed by atoms with Crippen molar-refractivity contribution >= 4 is 5.96 Å². The van der Waals surface area contributed by atoms with Crippen molar-refractivity contribution in [3.63, 3.8) is 0 Å². The van der Waals surface area contributed by atoms with Gasteiger partial charge in [0.2, 0.25) is 0 Å². The van der Waals surface area contributed by atoms with Crippen LogP contribution in [0.2, 0.25) is 0 Å². The summed E-state index contributed by atoms with van der Waals surface area (Å²) >= 11 is 0. The van der Waals surface area contributed by atoms with Crippen LogP contribution in [0.3, 0.4) is 0 Å². The van der Waals surface area contributed by atoms with Crippen LogP contribution in [0, 0.1) is 0 Å². The largest absolute Gasteiger partial charge is 0.468 e. The Morgan fingerprint density at radius 1 is 1.07 bits per heavy atom. The number of rotatable bonds is 8. The molecule has 0 amide bonds. The molecule has 2 aliphatic heterocycles. The number of likely N-dealkylation sites (N-methyl/N-ethyl adjacent to an activating group) is 1. The van der Waals surface area contributed by atoms with Crippen LogP contribution in [0.15, 0.2) is 27.8 Å². The number of hydrogen-bond donors (Lipinski definition) is 2. The van der Waals surface area contributed by atoms with E-state index in [1.165, 1.54) is 51.9 Å². The summed E-state index contributed by atoms with van der Waals surface area (Å²) in [6.45, 7) is 10.0. The molecular formula is C22H40N6O. The normalized spacial score (nSPS) is 21.7. The van der Waals surface area contributed by atoms with Gasteiger partial charge in [-0.05, 0) is 77.6 Å². The second-order valence-electron chi connectivity index (χ2n) is 8.36. The summed E-state index contributed by atoms with van der Waals surface area (Å²) in [5.74, 6) is 1.93. The first-order valence-electron chi connectivity index (χ1n) is 11.4. The molecule has 1 unspecified atom stereocenters. The van der Waals surface area contributed by atoms with Crippen LogP contribution < -0.4 is 10.6 Å².